The molecule has 0 saturated carbocycles. The number of ether oxygens (including phenoxy) is 2. The second-order valence-corrected chi connectivity index (χ2v) is 6.20. The summed E-state index contributed by atoms with van der Waals surface area (Å²) in [5.74, 6) is 1.35. The zero-order chi connectivity index (χ0) is 17.4. The Balaban J connectivity index is 1.41. The number of methoxy groups -OCH3 is 1. The number of pyridine rings is 1. The Morgan fingerprint density at radius 2 is 2.08 bits per heavy atom. The molecule has 1 fully saturated rings. The quantitative estimate of drug-likeness (QED) is 0.795. The van der Waals surface area contributed by atoms with E-state index in [9.17, 15) is 4.79 Å². The monoisotopic (exact) mass is 337 g/mol. The van der Waals surface area contributed by atoms with Crippen molar-refractivity contribution < 1.29 is 14.3 Å². The maximum absolute atomic E-state index is 12.6. The van der Waals surface area contributed by atoms with E-state index in [2.05, 4.69) is 9.97 Å². The van der Waals surface area contributed by atoms with Gasteiger partial charge in [0.05, 0.1) is 20.2 Å². The van der Waals surface area contributed by atoms with Gasteiger partial charge in [-0.15, -0.1) is 0 Å². The van der Waals surface area contributed by atoms with Gasteiger partial charge in [-0.25, -0.2) is 4.98 Å². The summed E-state index contributed by atoms with van der Waals surface area (Å²) < 4.78 is 11.0. The molecular weight excluding hydrogens is 318 g/mol. The standard InChI is InChI=1S/C19H19N3O3/c1-12-4-3-5-18(20-12)25-15-10-22(11-15)19(23)17-8-13-6-7-14(24-2)9-16(13)21-17/h3-9,15,21H,10-11H2,1-2H3. The lowest BCUT2D eigenvalue weighted by Crippen LogP contribution is -2.56. The van der Waals surface area contributed by atoms with Gasteiger partial charge in [-0.05, 0) is 31.2 Å². The first kappa shape index (κ1) is 15.5. The molecule has 6 nitrogen and oxygen atoms in total. The molecule has 0 aliphatic carbocycles. The fourth-order valence-corrected chi connectivity index (χ4v) is 2.95. The van der Waals surface area contributed by atoms with E-state index < -0.39 is 0 Å². The Morgan fingerprint density at radius 3 is 2.84 bits per heavy atom. The Kier molecular flexibility index (Phi) is 3.80. The molecule has 0 unspecified atom stereocenters. The van der Waals surface area contributed by atoms with Crippen molar-refractivity contribution >= 4 is 16.8 Å². The summed E-state index contributed by atoms with van der Waals surface area (Å²) in [6.45, 7) is 3.05. The maximum atomic E-state index is 12.6. The number of nitrogens with zero attached hydrogens (tertiary/aromatic N) is 2. The van der Waals surface area contributed by atoms with Crippen LogP contribution < -0.4 is 9.47 Å². The number of hydrogen-bond donors (Lipinski definition) is 1. The predicted molar refractivity (Wildman–Crippen MR) is 94.1 cm³/mol. The lowest BCUT2D eigenvalue weighted by Gasteiger charge is -2.38. The Hall–Kier alpha value is -3.02. The number of amides is 1. The van der Waals surface area contributed by atoms with Crippen LogP contribution in [0.1, 0.15) is 16.2 Å². The number of aryl methyl sites for hydroxylation is 1. The molecule has 4 rings (SSSR count). The lowest BCUT2D eigenvalue weighted by molar-refractivity contribution is 0.0156. The summed E-state index contributed by atoms with van der Waals surface area (Å²) >= 11 is 0. The van der Waals surface area contributed by atoms with Crippen LogP contribution in [0.2, 0.25) is 0 Å². The van der Waals surface area contributed by atoms with Gasteiger partial charge in [0.1, 0.15) is 17.5 Å². The van der Waals surface area contributed by atoms with Gasteiger partial charge < -0.3 is 19.4 Å². The van der Waals surface area contributed by atoms with Gasteiger partial charge in [0.15, 0.2) is 0 Å². The van der Waals surface area contributed by atoms with Gasteiger partial charge in [0, 0.05) is 28.7 Å². The van der Waals surface area contributed by atoms with Gasteiger partial charge in [0.25, 0.3) is 5.91 Å². The molecule has 1 aliphatic rings. The highest BCUT2D eigenvalue weighted by atomic mass is 16.5. The fraction of sp³-hybridized carbons (Fsp3) is 0.263. The van der Waals surface area contributed by atoms with E-state index in [4.69, 9.17) is 9.47 Å². The number of carbonyl (C=O) groups is 1. The van der Waals surface area contributed by atoms with E-state index in [1.54, 1.807) is 12.0 Å². The van der Waals surface area contributed by atoms with Crippen molar-refractivity contribution in [2.75, 3.05) is 20.2 Å². The normalized spacial score (nSPS) is 14.4. The zero-order valence-electron chi connectivity index (χ0n) is 14.2. The molecule has 1 aliphatic heterocycles. The average molecular weight is 337 g/mol. The Labute approximate surface area is 145 Å². The van der Waals surface area contributed by atoms with Gasteiger partial charge in [-0.3, -0.25) is 4.79 Å². The molecule has 0 bridgehead atoms. The summed E-state index contributed by atoms with van der Waals surface area (Å²) in [5.41, 5.74) is 2.38. The summed E-state index contributed by atoms with van der Waals surface area (Å²) in [7, 11) is 1.62. The third-order valence-corrected chi connectivity index (χ3v) is 4.35. The fourth-order valence-electron chi connectivity index (χ4n) is 2.95. The molecule has 2 aromatic heterocycles. The summed E-state index contributed by atoms with van der Waals surface area (Å²) in [6.07, 6.45) is -0.0114. The van der Waals surface area contributed by atoms with Gasteiger partial charge >= 0.3 is 0 Å². The van der Waals surface area contributed by atoms with Crippen LogP contribution in [0, 0.1) is 6.92 Å². The number of aromatic nitrogens is 2. The van der Waals surface area contributed by atoms with Crippen LogP contribution in [-0.4, -0.2) is 47.1 Å². The molecule has 0 atom stereocenters. The SMILES string of the molecule is COc1ccc2cc(C(=O)N3CC(Oc4cccc(C)n4)C3)[nH]c2c1. The highest BCUT2D eigenvalue weighted by Gasteiger charge is 2.33. The molecule has 3 aromatic rings. The van der Waals surface area contributed by atoms with Crippen LogP contribution in [0.25, 0.3) is 10.9 Å². The van der Waals surface area contributed by atoms with E-state index in [0.717, 1.165) is 22.3 Å². The van der Waals surface area contributed by atoms with E-state index in [1.165, 1.54) is 0 Å². The van der Waals surface area contributed by atoms with E-state index >= 15 is 0 Å². The van der Waals surface area contributed by atoms with Gasteiger partial charge in [0.2, 0.25) is 5.88 Å². The smallest absolute Gasteiger partial charge is 0.270 e. The largest absolute Gasteiger partial charge is 0.497 e. The molecule has 0 spiro atoms. The summed E-state index contributed by atoms with van der Waals surface area (Å²) in [4.78, 5) is 21.9. The van der Waals surface area contributed by atoms with Crippen molar-refractivity contribution in [1.29, 1.82) is 0 Å². The number of H-pyrrole nitrogens is 1. The van der Waals surface area contributed by atoms with Crippen molar-refractivity contribution in [3.05, 3.63) is 53.9 Å². The highest BCUT2D eigenvalue weighted by molar-refractivity contribution is 5.98. The van der Waals surface area contributed by atoms with Crippen LogP contribution in [0.5, 0.6) is 11.6 Å². The Bertz CT molecular complexity index is 929. The third kappa shape index (κ3) is 3.03. The van der Waals surface area contributed by atoms with Gasteiger partial charge in [-0.2, -0.15) is 0 Å². The van der Waals surface area contributed by atoms with Gasteiger partial charge in [-0.1, -0.05) is 6.07 Å². The molecule has 1 amide bonds. The van der Waals surface area contributed by atoms with Crippen molar-refractivity contribution in [3.63, 3.8) is 0 Å². The van der Waals surface area contributed by atoms with Crippen LogP contribution in [0.3, 0.4) is 0 Å². The molecule has 3 heterocycles. The van der Waals surface area contributed by atoms with Crippen molar-refractivity contribution in [2.45, 2.75) is 13.0 Å². The highest BCUT2D eigenvalue weighted by Crippen LogP contribution is 2.24. The average Bonchev–Trinajstić information content (AvgIpc) is 3.00. The molecule has 128 valence electrons. The predicted octanol–water partition coefficient (Wildman–Crippen LogP) is 2.78. The molecule has 1 saturated heterocycles. The second-order valence-electron chi connectivity index (χ2n) is 6.20. The van der Waals surface area contributed by atoms with E-state index in [0.29, 0.717) is 24.7 Å². The number of rotatable bonds is 4. The molecule has 25 heavy (non-hydrogen) atoms. The van der Waals surface area contributed by atoms with Crippen molar-refractivity contribution in [1.82, 2.24) is 14.9 Å². The topological polar surface area (TPSA) is 67.4 Å². The third-order valence-electron chi connectivity index (χ3n) is 4.35. The summed E-state index contributed by atoms with van der Waals surface area (Å²) in [6, 6.07) is 13.2. The second kappa shape index (κ2) is 6.12. The molecular formula is C19H19N3O3. The molecule has 1 aromatic carbocycles. The van der Waals surface area contributed by atoms with E-state index in [1.807, 2.05) is 49.4 Å². The van der Waals surface area contributed by atoms with Crippen LogP contribution in [-0.2, 0) is 0 Å². The zero-order valence-corrected chi connectivity index (χ0v) is 14.2. The van der Waals surface area contributed by atoms with Crippen LogP contribution in [0.4, 0.5) is 0 Å². The maximum Gasteiger partial charge on any atom is 0.270 e. The van der Waals surface area contributed by atoms with Crippen LogP contribution in [0.15, 0.2) is 42.5 Å². The number of likely N-dealkylation sites (tertiary alicyclic amines) is 1. The number of benzene rings is 1. The molecule has 6 heteroatoms. The number of fused-ring (bicyclic) bond motifs is 1. The van der Waals surface area contributed by atoms with E-state index in [-0.39, 0.29) is 12.0 Å². The molecule has 1 N–H and O–H groups in total. The first-order valence-corrected chi connectivity index (χ1v) is 8.19. The minimum absolute atomic E-state index is 0.0114. The van der Waals surface area contributed by atoms with Crippen molar-refractivity contribution in [2.24, 2.45) is 0 Å². The van der Waals surface area contributed by atoms with Crippen molar-refractivity contribution in [3.8, 4) is 11.6 Å². The number of nitrogens with one attached hydrogen (secondary N) is 1. The van der Waals surface area contributed by atoms with Crippen LogP contribution >= 0.6 is 0 Å². The minimum Gasteiger partial charge on any atom is -0.497 e. The minimum atomic E-state index is -0.0211. The first-order chi connectivity index (χ1) is 12.1. The summed E-state index contributed by atoms with van der Waals surface area (Å²) in [5, 5.41) is 0.987. The first-order valence-electron chi connectivity index (χ1n) is 8.19. The molecule has 0 radical (unpaired) electrons. The number of aromatic amines is 1. The Morgan fingerprint density at radius 1 is 1.24 bits per heavy atom. The lowest BCUT2D eigenvalue weighted by atomic mass is 10.1. The number of hydrogen-bond acceptors (Lipinski definition) is 4. The number of carbonyl (C=O) groups excluding carboxylic acids is 1.